The molecule has 1 fully saturated rings. The molecule has 0 saturated carbocycles. The number of carbonyl (C=O) groups excluding carboxylic acids is 2. The SMILES string of the molecule is CC(=O)Nc1cccc(C(=O)NC(=NC[C@H]2CCCO2)Nc2ccc(Br)cc2)c1. The lowest BCUT2D eigenvalue weighted by Crippen LogP contribution is -2.36. The number of aliphatic imine (C=N–C) groups is 1. The van der Waals surface area contributed by atoms with Gasteiger partial charge in [0, 0.05) is 34.9 Å². The molecular weight excluding hydrogens is 436 g/mol. The van der Waals surface area contributed by atoms with Gasteiger partial charge in [-0.1, -0.05) is 22.0 Å². The number of benzene rings is 2. The molecule has 152 valence electrons. The minimum atomic E-state index is -0.326. The Labute approximate surface area is 178 Å². The van der Waals surface area contributed by atoms with E-state index in [2.05, 4.69) is 36.9 Å². The molecule has 2 amide bonds. The molecule has 1 aliphatic heterocycles. The number of nitrogens with zero attached hydrogens (tertiary/aromatic N) is 1. The Morgan fingerprint density at radius 1 is 1.14 bits per heavy atom. The van der Waals surface area contributed by atoms with Gasteiger partial charge in [-0.2, -0.15) is 0 Å². The topological polar surface area (TPSA) is 91.8 Å². The number of hydrogen-bond donors (Lipinski definition) is 3. The van der Waals surface area contributed by atoms with E-state index in [0.717, 1.165) is 29.6 Å². The zero-order chi connectivity index (χ0) is 20.6. The van der Waals surface area contributed by atoms with Gasteiger partial charge in [0.25, 0.3) is 5.91 Å². The lowest BCUT2D eigenvalue weighted by molar-refractivity contribution is -0.114. The van der Waals surface area contributed by atoms with Gasteiger partial charge in [0.05, 0.1) is 12.6 Å². The molecule has 1 aliphatic rings. The second-order valence-corrected chi connectivity index (χ2v) is 7.59. The molecule has 7 nitrogen and oxygen atoms in total. The highest BCUT2D eigenvalue weighted by Crippen LogP contribution is 2.15. The first-order valence-corrected chi connectivity index (χ1v) is 10.2. The fourth-order valence-corrected chi connectivity index (χ4v) is 3.15. The number of carbonyl (C=O) groups is 2. The molecule has 0 aromatic heterocycles. The number of halogens is 1. The molecule has 29 heavy (non-hydrogen) atoms. The smallest absolute Gasteiger partial charge is 0.258 e. The van der Waals surface area contributed by atoms with Crippen molar-refractivity contribution in [3.63, 3.8) is 0 Å². The predicted molar refractivity (Wildman–Crippen MR) is 117 cm³/mol. The summed E-state index contributed by atoms with van der Waals surface area (Å²) >= 11 is 3.41. The molecule has 0 radical (unpaired) electrons. The number of anilines is 2. The van der Waals surface area contributed by atoms with Crippen LogP contribution in [-0.4, -0.2) is 37.0 Å². The van der Waals surface area contributed by atoms with E-state index in [1.165, 1.54) is 6.92 Å². The number of nitrogens with one attached hydrogen (secondary N) is 3. The first kappa shape index (κ1) is 21.0. The van der Waals surface area contributed by atoms with Gasteiger partial charge in [0.2, 0.25) is 11.9 Å². The van der Waals surface area contributed by atoms with E-state index in [0.29, 0.717) is 23.8 Å². The Hall–Kier alpha value is -2.71. The third kappa shape index (κ3) is 6.69. The summed E-state index contributed by atoms with van der Waals surface area (Å²) in [6.45, 7) is 2.63. The molecule has 1 atom stereocenters. The van der Waals surface area contributed by atoms with E-state index in [9.17, 15) is 9.59 Å². The monoisotopic (exact) mass is 458 g/mol. The third-order valence-corrected chi connectivity index (χ3v) is 4.79. The van der Waals surface area contributed by atoms with Gasteiger partial charge in [0.15, 0.2) is 0 Å². The fraction of sp³-hybridized carbons (Fsp3) is 0.286. The van der Waals surface area contributed by atoms with Crippen LogP contribution in [0, 0.1) is 0 Å². The van der Waals surface area contributed by atoms with Crippen molar-refractivity contribution in [2.45, 2.75) is 25.9 Å². The van der Waals surface area contributed by atoms with Crippen LogP contribution in [0.5, 0.6) is 0 Å². The van der Waals surface area contributed by atoms with Crippen LogP contribution in [0.25, 0.3) is 0 Å². The number of rotatable bonds is 5. The summed E-state index contributed by atoms with van der Waals surface area (Å²) in [6, 6.07) is 14.3. The Morgan fingerprint density at radius 3 is 2.62 bits per heavy atom. The van der Waals surface area contributed by atoms with Crippen molar-refractivity contribution in [1.82, 2.24) is 5.32 Å². The van der Waals surface area contributed by atoms with Crippen LogP contribution in [0.2, 0.25) is 0 Å². The van der Waals surface area contributed by atoms with Gasteiger partial charge in [0.1, 0.15) is 0 Å². The molecule has 3 N–H and O–H groups in total. The standard InChI is InChI=1S/C21H23BrN4O3/c1-14(27)24-18-5-2-4-15(12-18)20(28)26-21(23-13-19-6-3-11-29-19)25-17-9-7-16(22)8-10-17/h2,4-5,7-10,12,19H,3,6,11,13H2,1H3,(H,24,27)(H2,23,25,26,28)/t19-/m1/s1. The highest BCUT2D eigenvalue weighted by atomic mass is 79.9. The van der Waals surface area contributed by atoms with Gasteiger partial charge in [-0.3, -0.25) is 14.9 Å². The lowest BCUT2D eigenvalue weighted by atomic mass is 10.2. The second kappa shape index (κ2) is 10.2. The third-order valence-electron chi connectivity index (χ3n) is 4.26. The summed E-state index contributed by atoms with van der Waals surface area (Å²) in [5.74, 6) is -0.177. The quantitative estimate of drug-likeness (QED) is 0.469. The van der Waals surface area contributed by atoms with Crippen LogP contribution >= 0.6 is 15.9 Å². The summed E-state index contributed by atoms with van der Waals surface area (Å²) < 4.78 is 6.58. The van der Waals surface area contributed by atoms with Crippen LogP contribution in [0.1, 0.15) is 30.1 Å². The minimum absolute atomic E-state index is 0.0664. The van der Waals surface area contributed by atoms with Crippen molar-refractivity contribution < 1.29 is 14.3 Å². The first-order chi connectivity index (χ1) is 14.0. The molecule has 8 heteroatoms. The molecule has 2 aromatic rings. The number of hydrogen-bond acceptors (Lipinski definition) is 4. The number of ether oxygens (including phenoxy) is 1. The van der Waals surface area contributed by atoms with Gasteiger partial charge in [-0.05, 0) is 55.3 Å². The average molecular weight is 459 g/mol. The van der Waals surface area contributed by atoms with E-state index in [1.807, 2.05) is 24.3 Å². The Kier molecular flexibility index (Phi) is 7.37. The van der Waals surface area contributed by atoms with E-state index in [-0.39, 0.29) is 17.9 Å². The van der Waals surface area contributed by atoms with Crippen molar-refractivity contribution in [2.24, 2.45) is 4.99 Å². The van der Waals surface area contributed by atoms with E-state index < -0.39 is 0 Å². The summed E-state index contributed by atoms with van der Waals surface area (Å²) in [7, 11) is 0. The van der Waals surface area contributed by atoms with E-state index >= 15 is 0 Å². The van der Waals surface area contributed by atoms with Gasteiger partial charge in [-0.25, -0.2) is 4.99 Å². The van der Waals surface area contributed by atoms with Crippen molar-refractivity contribution in [3.8, 4) is 0 Å². The molecule has 1 saturated heterocycles. The largest absolute Gasteiger partial charge is 0.376 e. The molecule has 1 heterocycles. The molecule has 0 bridgehead atoms. The van der Waals surface area contributed by atoms with Crippen LogP contribution in [0.15, 0.2) is 58.0 Å². The summed E-state index contributed by atoms with van der Waals surface area (Å²) in [4.78, 5) is 28.5. The Morgan fingerprint density at radius 2 is 1.93 bits per heavy atom. The van der Waals surface area contributed by atoms with Crippen molar-refractivity contribution >= 4 is 45.1 Å². The molecule has 0 spiro atoms. The van der Waals surface area contributed by atoms with Gasteiger partial charge >= 0.3 is 0 Å². The lowest BCUT2D eigenvalue weighted by Gasteiger charge is -2.14. The Bertz CT molecular complexity index is 893. The maximum Gasteiger partial charge on any atom is 0.258 e. The minimum Gasteiger partial charge on any atom is -0.376 e. The zero-order valence-corrected chi connectivity index (χ0v) is 17.7. The van der Waals surface area contributed by atoms with Crippen LogP contribution in [0.4, 0.5) is 11.4 Å². The van der Waals surface area contributed by atoms with Crippen molar-refractivity contribution in [2.75, 3.05) is 23.8 Å². The number of guanidine groups is 1. The van der Waals surface area contributed by atoms with Gasteiger partial charge < -0.3 is 15.4 Å². The van der Waals surface area contributed by atoms with Crippen LogP contribution in [0.3, 0.4) is 0 Å². The first-order valence-electron chi connectivity index (χ1n) is 9.37. The second-order valence-electron chi connectivity index (χ2n) is 6.67. The van der Waals surface area contributed by atoms with Crippen LogP contribution in [-0.2, 0) is 9.53 Å². The highest BCUT2D eigenvalue weighted by Gasteiger charge is 2.16. The van der Waals surface area contributed by atoms with Gasteiger partial charge in [-0.15, -0.1) is 0 Å². The summed E-state index contributed by atoms with van der Waals surface area (Å²) in [5.41, 5.74) is 1.77. The molecule has 2 aromatic carbocycles. The molecular formula is C21H23BrN4O3. The van der Waals surface area contributed by atoms with E-state index in [1.54, 1.807) is 24.3 Å². The maximum absolute atomic E-state index is 12.8. The Balaban J connectivity index is 1.74. The van der Waals surface area contributed by atoms with Crippen LogP contribution < -0.4 is 16.0 Å². The maximum atomic E-state index is 12.8. The predicted octanol–water partition coefficient (Wildman–Crippen LogP) is 3.78. The molecule has 0 aliphatic carbocycles. The van der Waals surface area contributed by atoms with Crippen molar-refractivity contribution in [1.29, 1.82) is 0 Å². The highest BCUT2D eigenvalue weighted by molar-refractivity contribution is 9.10. The average Bonchev–Trinajstić information content (AvgIpc) is 3.21. The summed E-state index contributed by atoms with van der Waals surface area (Å²) in [5, 5.41) is 8.65. The molecule has 3 rings (SSSR count). The van der Waals surface area contributed by atoms with E-state index in [4.69, 9.17) is 4.74 Å². The summed E-state index contributed by atoms with van der Waals surface area (Å²) in [6.07, 6.45) is 2.05. The fourth-order valence-electron chi connectivity index (χ4n) is 2.88. The normalized spacial score (nSPS) is 16.3. The number of amides is 2. The zero-order valence-electron chi connectivity index (χ0n) is 16.1. The molecule has 0 unspecified atom stereocenters. The van der Waals surface area contributed by atoms with Crippen molar-refractivity contribution in [3.05, 3.63) is 58.6 Å².